The summed E-state index contributed by atoms with van der Waals surface area (Å²) in [5.74, 6) is 0.970. The van der Waals surface area contributed by atoms with Crippen LogP contribution in [0.15, 0.2) is 48.5 Å². The fourth-order valence-electron chi connectivity index (χ4n) is 3.79. The van der Waals surface area contributed by atoms with Crippen molar-refractivity contribution in [1.29, 1.82) is 0 Å². The minimum absolute atomic E-state index is 0.181. The SMILES string of the molecule is CCCCCCCn1c(-c2cc(-c3ccc(Cl)cc3Cl)nc(N)n2)nc2ccccc21. The van der Waals surface area contributed by atoms with E-state index in [0.717, 1.165) is 35.4 Å². The topological polar surface area (TPSA) is 69.6 Å². The molecule has 0 radical (unpaired) electrons. The van der Waals surface area contributed by atoms with Gasteiger partial charge in [-0.25, -0.2) is 15.0 Å². The molecule has 0 fully saturated rings. The van der Waals surface area contributed by atoms with Gasteiger partial charge in [0, 0.05) is 17.1 Å². The summed E-state index contributed by atoms with van der Waals surface area (Å²) in [5, 5.41) is 1.09. The molecule has 0 saturated carbocycles. The van der Waals surface area contributed by atoms with Crippen LogP contribution in [0.4, 0.5) is 5.95 Å². The number of hydrogen-bond acceptors (Lipinski definition) is 4. The number of imidazole rings is 1. The summed E-state index contributed by atoms with van der Waals surface area (Å²) in [4.78, 5) is 13.8. The average Bonchev–Trinajstić information content (AvgIpc) is 3.12. The Labute approximate surface area is 192 Å². The van der Waals surface area contributed by atoms with Gasteiger partial charge in [0.15, 0.2) is 5.82 Å². The van der Waals surface area contributed by atoms with Crippen LogP contribution in [0.3, 0.4) is 0 Å². The van der Waals surface area contributed by atoms with E-state index in [9.17, 15) is 0 Å². The lowest BCUT2D eigenvalue weighted by atomic mass is 10.1. The number of benzene rings is 2. The number of rotatable bonds is 8. The minimum Gasteiger partial charge on any atom is -0.368 e. The molecule has 31 heavy (non-hydrogen) atoms. The van der Waals surface area contributed by atoms with E-state index in [-0.39, 0.29) is 5.95 Å². The van der Waals surface area contributed by atoms with Gasteiger partial charge in [-0.2, -0.15) is 0 Å². The third-order valence-corrected chi connectivity index (χ3v) is 5.87. The molecule has 0 bridgehead atoms. The highest BCUT2D eigenvalue weighted by Gasteiger charge is 2.17. The molecular formula is C24H25Cl2N5. The zero-order chi connectivity index (χ0) is 21.8. The van der Waals surface area contributed by atoms with E-state index in [0.29, 0.717) is 21.4 Å². The normalized spacial score (nSPS) is 11.3. The molecule has 0 spiro atoms. The molecule has 2 N–H and O–H groups in total. The second-order valence-electron chi connectivity index (χ2n) is 7.61. The Morgan fingerprint density at radius 3 is 2.45 bits per heavy atom. The summed E-state index contributed by atoms with van der Waals surface area (Å²) in [7, 11) is 0. The van der Waals surface area contributed by atoms with Gasteiger partial charge >= 0.3 is 0 Å². The van der Waals surface area contributed by atoms with Crippen LogP contribution < -0.4 is 5.73 Å². The molecule has 2 heterocycles. The smallest absolute Gasteiger partial charge is 0.221 e. The first-order chi connectivity index (χ1) is 15.1. The van der Waals surface area contributed by atoms with E-state index in [1.54, 1.807) is 12.1 Å². The monoisotopic (exact) mass is 453 g/mol. The van der Waals surface area contributed by atoms with Crippen molar-refractivity contribution in [3.8, 4) is 22.8 Å². The lowest BCUT2D eigenvalue weighted by Crippen LogP contribution is -2.05. The second-order valence-corrected chi connectivity index (χ2v) is 8.45. The minimum atomic E-state index is 0.181. The summed E-state index contributed by atoms with van der Waals surface area (Å²) in [5.41, 5.74) is 10.2. The molecule has 0 aliphatic heterocycles. The van der Waals surface area contributed by atoms with Crippen molar-refractivity contribution in [3.63, 3.8) is 0 Å². The average molecular weight is 454 g/mol. The van der Waals surface area contributed by atoms with Crippen molar-refractivity contribution >= 4 is 40.2 Å². The summed E-state index contributed by atoms with van der Waals surface area (Å²) in [6.07, 6.45) is 6.03. The van der Waals surface area contributed by atoms with Crippen molar-refractivity contribution in [1.82, 2.24) is 19.5 Å². The molecule has 0 aliphatic carbocycles. The molecule has 0 aliphatic rings. The standard InChI is InChI=1S/C24H25Cl2N5/c1-2-3-4-5-8-13-31-22-10-7-6-9-19(22)28-23(31)21-15-20(29-24(27)30-21)17-12-11-16(25)14-18(17)26/h6-7,9-12,14-15H,2-5,8,13H2,1H3,(H2,27,29,30). The van der Waals surface area contributed by atoms with Gasteiger partial charge < -0.3 is 10.3 Å². The summed E-state index contributed by atoms with van der Waals surface area (Å²) in [6, 6.07) is 15.4. The lowest BCUT2D eigenvalue weighted by Gasteiger charge is -2.11. The third-order valence-electron chi connectivity index (χ3n) is 5.32. The van der Waals surface area contributed by atoms with Gasteiger partial charge in [-0.05, 0) is 42.8 Å². The molecular weight excluding hydrogens is 429 g/mol. The van der Waals surface area contributed by atoms with E-state index < -0.39 is 0 Å². The fraction of sp³-hybridized carbons (Fsp3) is 0.292. The maximum Gasteiger partial charge on any atom is 0.221 e. The molecule has 2 aromatic carbocycles. The van der Waals surface area contributed by atoms with Crippen LogP contribution in [0.25, 0.3) is 33.8 Å². The van der Waals surface area contributed by atoms with Crippen molar-refractivity contribution < 1.29 is 0 Å². The van der Waals surface area contributed by atoms with Gasteiger partial charge in [0.2, 0.25) is 5.95 Å². The zero-order valence-corrected chi connectivity index (χ0v) is 19.0. The number of anilines is 1. The molecule has 7 heteroatoms. The maximum absolute atomic E-state index is 6.41. The molecule has 0 amide bonds. The molecule has 0 atom stereocenters. The lowest BCUT2D eigenvalue weighted by molar-refractivity contribution is 0.578. The summed E-state index contributed by atoms with van der Waals surface area (Å²) >= 11 is 12.5. The number of nitrogens with zero attached hydrogens (tertiary/aromatic N) is 4. The van der Waals surface area contributed by atoms with E-state index in [1.165, 1.54) is 25.7 Å². The van der Waals surface area contributed by atoms with Gasteiger partial charge in [0.25, 0.3) is 0 Å². The Balaban J connectivity index is 1.76. The predicted octanol–water partition coefficient (Wildman–Crippen LogP) is 7.02. The first-order valence-electron chi connectivity index (χ1n) is 10.6. The number of nitrogen functional groups attached to an aromatic ring is 1. The maximum atomic E-state index is 6.41. The fourth-order valence-corrected chi connectivity index (χ4v) is 4.29. The number of unbranched alkanes of at least 4 members (excludes halogenated alkanes) is 4. The highest BCUT2D eigenvalue weighted by atomic mass is 35.5. The first-order valence-corrected chi connectivity index (χ1v) is 11.4. The number of para-hydroxylation sites is 2. The Morgan fingerprint density at radius 1 is 0.871 bits per heavy atom. The number of nitrogens with two attached hydrogens (primary N) is 1. The third kappa shape index (κ3) is 4.83. The molecule has 2 aromatic heterocycles. The molecule has 0 saturated heterocycles. The van der Waals surface area contributed by atoms with Crippen LogP contribution in [0.2, 0.25) is 10.0 Å². The van der Waals surface area contributed by atoms with Crippen LogP contribution in [-0.2, 0) is 6.54 Å². The quantitative estimate of drug-likeness (QED) is 0.291. The number of aromatic nitrogens is 4. The van der Waals surface area contributed by atoms with Crippen LogP contribution in [0, 0.1) is 0 Å². The van der Waals surface area contributed by atoms with Crippen molar-refractivity contribution in [2.24, 2.45) is 0 Å². The van der Waals surface area contributed by atoms with Gasteiger partial charge in [-0.15, -0.1) is 0 Å². The highest BCUT2D eigenvalue weighted by molar-refractivity contribution is 6.36. The van der Waals surface area contributed by atoms with Gasteiger partial charge in [-0.3, -0.25) is 0 Å². The van der Waals surface area contributed by atoms with Crippen LogP contribution in [-0.4, -0.2) is 19.5 Å². The van der Waals surface area contributed by atoms with Crippen LogP contribution >= 0.6 is 23.2 Å². The Bertz CT molecular complexity index is 1200. The Kier molecular flexibility index (Phi) is 6.73. The van der Waals surface area contributed by atoms with Crippen LogP contribution in [0.1, 0.15) is 39.0 Å². The zero-order valence-electron chi connectivity index (χ0n) is 17.5. The molecule has 4 rings (SSSR count). The van der Waals surface area contributed by atoms with Gasteiger partial charge in [0.1, 0.15) is 5.69 Å². The van der Waals surface area contributed by atoms with Gasteiger partial charge in [-0.1, -0.05) is 67.9 Å². The van der Waals surface area contributed by atoms with Crippen molar-refractivity contribution in [2.75, 3.05) is 5.73 Å². The highest BCUT2D eigenvalue weighted by Crippen LogP contribution is 2.32. The molecule has 5 nitrogen and oxygen atoms in total. The number of hydrogen-bond donors (Lipinski definition) is 1. The second kappa shape index (κ2) is 9.67. The Hall–Kier alpha value is -2.63. The summed E-state index contributed by atoms with van der Waals surface area (Å²) < 4.78 is 2.23. The Morgan fingerprint density at radius 2 is 1.65 bits per heavy atom. The molecule has 4 aromatic rings. The predicted molar refractivity (Wildman–Crippen MR) is 129 cm³/mol. The number of aryl methyl sites for hydroxylation is 1. The van der Waals surface area contributed by atoms with E-state index in [4.69, 9.17) is 33.9 Å². The first kappa shape index (κ1) is 21.6. The molecule has 160 valence electrons. The van der Waals surface area contributed by atoms with Crippen molar-refractivity contribution in [3.05, 3.63) is 58.6 Å². The number of halogens is 2. The molecule has 0 unspecified atom stereocenters. The summed E-state index contributed by atoms with van der Waals surface area (Å²) in [6.45, 7) is 3.10. The number of fused-ring (bicyclic) bond motifs is 1. The van der Waals surface area contributed by atoms with E-state index in [1.807, 2.05) is 30.3 Å². The van der Waals surface area contributed by atoms with Crippen molar-refractivity contribution in [2.45, 2.75) is 45.6 Å². The largest absolute Gasteiger partial charge is 0.368 e. The van der Waals surface area contributed by atoms with E-state index in [2.05, 4.69) is 27.5 Å². The van der Waals surface area contributed by atoms with Gasteiger partial charge in [0.05, 0.1) is 21.7 Å². The van der Waals surface area contributed by atoms with Crippen LogP contribution in [0.5, 0.6) is 0 Å². The van der Waals surface area contributed by atoms with E-state index >= 15 is 0 Å².